The average Bonchev–Trinajstić information content (AvgIpc) is 3.32. The van der Waals surface area contributed by atoms with Gasteiger partial charge in [-0.05, 0) is 24.3 Å². The van der Waals surface area contributed by atoms with Gasteiger partial charge in [-0.1, -0.05) is 18.2 Å². The van der Waals surface area contributed by atoms with Crippen LogP contribution >= 0.6 is 0 Å². The molecule has 1 aliphatic heterocycles. The molecule has 1 aliphatic rings. The number of carbonyl (C=O) groups excluding carboxylic acids is 2. The van der Waals surface area contributed by atoms with Crippen molar-refractivity contribution in [1.82, 2.24) is 14.4 Å². The van der Waals surface area contributed by atoms with Crippen molar-refractivity contribution in [3.63, 3.8) is 0 Å². The van der Waals surface area contributed by atoms with E-state index < -0.39 is 0 Å². The number of aromatic nitrogens is 3. The molecule has 1 aromatic carbocycles. The van der Waals surface area contributed by atoms with Gasteiger partial charge in [-0.3, -0.25) is 14.0 Å². The number of carbonyl (C=O) groups is 2. The number of nitrogens with one attached hydrogen (secondary N) is 1. The van der Waals surface area contributed by atoms with Gasteiger partial charge in [-0.25, -0.2) is 9.88 Å². The largest absolute Gasteiger partial charge is 0.359 e. The lowest BCUT2D eigenvalue weighted by molar-refractivity contribution is -0.119. The van der Waals surface area contributed by atoms with Gasteiger partial charge in [0.25, 0.3) is 11.8 Å². The summed E-state index contributed by atoms with van der Waals surface area (Å²) in [7, 11) is 0. The molecule has 1 N–H and O–H groups in total. The number of aromatic amines is 1. The van der Waals surface area contributed by atoms with Crippen LogP contribution in [0.5, 0.6) is 0 Å². The van der Waals surface area contributed by atoms with Crippen molar-refractivity contribution in [3.8, 4) is 0 Å². The zero-order valence-electron chi connectivity index (χ0n) is 13.0. The third-order valence-electron chi connectivity index (χ3n) is 4.42. The summed E-state index contributed by atoms with van der Waals surface area (Å²) >= 11 is 0. The van der Waals surface area contributed by atoms with Crippen LogP contribution in [0.3, 0.4) is 0 Å². The highest BCUT2D eigenvalue weighted by molar-refractivity contribution is 6.44. The number of nitrogens with zero attached hydrogens (tertiary/aromatic N) is 3. The summed E-state index contributed by atoms with van der Waals surface area (Å²) in [6, 6.07) is 13.0. The van der Waals surface area contributed by atoms with Crippen LogP contribution in [-0.4, -0.2) is 26.2 Å². The molecule has 2 amide bonds. The molecule has 0 atom stereocenters. The number of pyridine rings is 1. The zero-order valence-corrected chi connectivity index (χ0v) is 13.0. The molecule has 0 fully saturated rings. The van der Waals surface area contributed by atoms with Crippen LogP contribution in [0.15, 0.2) is 67.1 Å². The molecule has 4 aromatic rings. The van der Waals surface area contributed by atoms with Gasteiger partial charge in [-0.15, -0.1) is 0 Å². The Labute approximate surface area is 142 Å². The monoisotopic (exact) mass is 328 g/mol. The Kier molecular flexibility index (Phi) is 2.70. The third-order valence-corrected chi connectivity index (χ3v) is 4.42. The van der Waals surface area contributed by atoms with Crippen LogP contribution in [0, 0.1) is 0 Å². The number of fused-ring (bicyclic) bond motifs is 2. The Bertz CT molecular complexity index is 1200. The summed E-state index contributed by atoms with van der Waals surface area (Å²) in [4.78, 5) is 34.2. The van der Waals surface area contributed by atoms with Gasteiger partial charge in [-0.2, -0.15) is 0 Å². The highest BCUT2D eigenvalue weighted by Crippen LogP contribution is 2.32. The quantitative estimate of drug-likeness (QED) is 0.575. The number of anilines is 1. The molecule has 0 aliphatic carbocycles. The highest BCUT2D eigenvalue weighted by Gasteiger charge is 2.35. The number of imidazole rings is 1. The van der Waals surface area contributed by atoms with Crippen LogP contribution in [0.1, 0.15) is 5.69 Å². The fourth-order valence-electron chi connectivity index (χ4n) is 3.27. The van der Waals surface area contributed by atoms with Gasteiger partial charge in [0.15, 0.2) is 0 Å². The molecule has 4 heterocycles. The molecule has 0 bridgehead atoms. The first-order valence-corrected chi connectivity index (χ1v) is 7.83. The van der Waals surface area contributed by atoms with E-state index in [1.165, 1.54) is 11.0 Å². The number of rotatable bonds is 2. The summed E-state index contributed by atoms with van der Waals surface area (Å²) in [6.45, 7) is 0. The Morgan fingerprint density at radius 1 is 1.00 bits per heavy atom. The van der Waals surface area contributed by atoms with Gasteiger partial charge in [0.05, 0.1) is 28.7 Å². The summed E-state index contributed by atoms with van der Waals surface area (Å²) in [5.41, 5.74) is 2.99. The van der Waals surface area contributed by atoms with Crippen LogP contribution in [0.2, 0.25) is 0 Å². The van der Waals surface area contributed by atoms with E-state index >= 15 is 0 Å². The molecule has 0 spiro atoms. The summed E-state index contributed by atoms with van der Waals surface area (Å²) in [5, 5.41) is 0.946. The second kappa shape index (κ2) is 4.91. The molecule has 120 valence electrons. The van der Waals surface area contributed by atoms with Crippen molar-refractivity contribution in [2.45, 2.75) is 0 Å². The first-order chi connectivity index (χ1) is 12.2. The van der Waals surface area contributed by atoms with Crippen LogP contribution in [0.4, 0.5) is 5.69 Å². The third kappa shape index (κ3) is 1.88. The van der Waals surface area contributed by atoms with Gasteiger partial charge < -0.3 is 4.98 Å². The predicted octanol–water partition coefficient (Wildman–Crippen LogP) is 2.77. The van der Waals surface area contributed by atoms with E-state index in [1.807, 2.05) is 42.6 Å². The van der Waals surface area contributed by atoms with Crippen LogP contribution < -0.4 is 4.90 Å². The van der Waals surface area contributed by atoms with Crippen molar-refractivity contribution in [1.29, 1.82) is 0 Å². The average molecular weight is 328 g/mol. The lowest BCUT2D eigenvalue weighted by Gasteiger charge is -2.15. The number of hydrogen-bond acceptors (Lipinski definition) is 3. The van der Waals surface area contributed by atoms with Gasteiger partial charge in [0.2, 0.25) is 0 Å². The zero-order chi connectivity index (χ0) is 17.0. The smallest absolute Gasteiger partial charge is 0.267 e. The van der Waals surface area contributed by atoms with Gasteiger partial charge in [0, 0.05) is 23.9 Å². The lowest BCUT2D eigenvalue weighted by Crippen LogP contribution is -2.30. The molecular formula is C19H12N4O2. The van der Waals surface area contributed by atoms with Crippen molar-refractivity contribution in [2.75, 3.05) is 4.90 Å². The summed E-state index contributed by atoms with van der Waals surface area (Å²) in [5.74, 6) is -0.703. The molecule has 0 saturated heterocycles. The maximum Gasteiger partial charge on any atom is 0.267 e. The molecular weight excluding hydrogens is 316 g/mol. The van der Waals surface area contributed by atoms with Gasteiger partial charge >= 0.3 is 0 Å². The van der Waals surface area contributed by atoms with Crippen molar-refractivity contribution >= 4 is 39.6 Å². The minimum Gasteiger partial charge on any atom is -0.359 e. The number of benzene rings is 1. The van der Waals surface area contributed by atoms with Gasteiger partial charge in [0.1, 0.15) is 5.65 Å². The first kappa shape index (κ1) is 13.7. The second-order valence-electron chi connectivity index (χ2n) is 5.83. The molecule has 3 aromatic heterocycles. The number of amides is 2. The van der Waals surface area contributed by atoms with E-state index in [0.29, 0.717) is 17.0 Å². The van der Waals surface area contributed by atoms with Crippen molar-refractivity contribution in [2.24, 2.45) is 0 Å². The molecule has 0 radical (unpaired) electrons. The van der Waals surface area contributed by atoms with E-state index in [-0.39, 0.29) is 11.8 Å². The minimum atomic E-state index is -0.354. The maximum absolute atomic E-state index is 13.0. The Hall–Kier alpha value is -3.67. The number of hydrogen-bond donors (Lipinski definition) is 1. The van der Waals surface area contributed by atoms with Crippen LogP contribution in [-0.2, 0) is 9.59 Å². The number of imide groups is 1. The van der Waals surface area contributed by atoms with E-state index in [0.717, 1.165) is 16.6 Å². The molecule has 6 heteroatoms. The van der Waals surface area contributed by atoms with Crippen molar-refractivity contribution < 1.29 is 9.59 Å². The lowest BCUT2D eigenvalue weighted by atomic mass is 10.2. The number of para-hydroxylation sites is 1. The topological polar surface area (TPSA) is 70.5 Å². The molecule has 0 unspecified atom stereocenters. The second-order valence-corrected chi connectivity index (χ2v) is 5.83. The van der Waals surface area contributed by atoms with Crippen molar-refractivity contribution in [3.05, 3.63) is 72.8 Å². The first-order valence-electron chi connectivity index (χ1n) is 7.83. The Morgan fingerprint density at radius 2 is 1.92 bits per heavy atom. The summed E-state index contributed by atoms with van der Waals surface area (Å²) in [6.07, 6.45) is 6.61. The SMILES string of the molecule is O=C1C=C(c2cnc3ccccn23)C(=O)N1c1cccc2cc[nH]c12. The van der Waals surface area contributed by atoms with Crippen LogP contribution in [0.25, 0.3) is 22.1 Å². The maximum atomic E-state index is 13.0. The minimum absolute atomic E-state index is 0.340. The standard InChI is InChI=1S/C19H12N4O2/c24-17-10-13(15-11-21-16-6-1-2-9-22(15)16)19(25)23(17)14-5-3-4-12-7-8-20-18(12)14/h1-11,20H. The Morgan fingerprint density at radius 3 is 2.84 bits per heavy atom. The van der Waals surface area contributed by atoms with E-state index in [2.05, 4.69) is 9.97 Å². The fraction of sp³-hybridized carbons (Fsp3) is 0. The normalized spacial score (nSPS) is 14.7. The number of H-pyrrole nitrogens is 1. The Balaban J connectivity index is 1.64. The molecule has 6 nitrogen and oxygen atoms in total. The summed E-state index contributed by atoms with van der Waals surface area (Å²) < 4.78 is 1.80. The molecule has 25 heavy (non-hydrogen) atoms. The fourth-order valence-corrected chi connectivity index (χ4v) is 3.27. The molecule has 5 rings (SSSR count). The van der Waals surface area contributed by atoms with E-state index in [4.69, 9.17) is 0 Å². The molecule has 0 saturated carbocycles. The highest BCUT2D eigenvalue weighted by atomic mass is 16.2. The van der Waals surface area contributed by atoms with E-state index in [1.54, 1.807) is 22.9 Å². The van der Waals surface area contributed by atoms with E-state index in [9.17, 15) is 9.59 Å². The predicted molar refractivity (Wildman–Crippen MR) is 94.0 cm³/mol.